The fourth-order valence-corrected chi connectivity index (χ4v) is 2.68. The molecule has 1 fully saturated rings. The summed E-state index contributed by atoms with van der Waals surface area (Å²) in [5.41, 5.74) is 0.800. The summed E-state index contributed by atoms with van der Waals surface area (Å²) < 4.78 is 6.26. The normalized spacial score (nSPS) is 16.9. The zero-order valence-corrected chi connectivity index (χ0v) is 10.7. The fraction of sp³-hybridized carbons (Fsp3) is 0.444. The second-order valence-corrected chi connectivity index (χ2v) is 6.01. The van der Waals surface area contributed by atoms with Gasteiger partial charge in [-0.15, -0.1) is 11.3 Å². The van der Waals surface area contributed by atoms with Crippen LogP contribution in [-0.2, 0) is 4.74 Å². The monoisotopic (exact) mass is 323 g/mol. The molecule has 2 rings (SSSR count). The van der Waals surface area contributed by atoms with Crippen LogP contribution in [-0.4, -0.2) is 37.1 Å². The van der Waals surface area contributed by atoms with E-state index >= 15 is 0 Å². The first-order chi connectivity index (χ1) is 6.70. The molecule has 0 atom stereocenters. The fourth-order valence-electron chi connectivity index (χ4n) is 1.36. The average Bonchev–Trinajstić information content (AvgIpc) is 2.49. The van der Waals surface area contributed by atoms with Gasteiger partial charge in [-0.05, 0) is 28.7 Å². The molecule has 1 amide bonds. The zero-order valence-electron chi connectivity index (χ0n) is 7.70. The molecular formula is C9H10INO2S. The van der Waals surface area contributed by atoms with Crippen LogP contribution in [0, 0.1) is 2.88 Å². The number of methoxy groups -OCH3 is 1. The Kier molecular flexibility index (Phi) is 3.08. The summed E-state index contributed by atoms with van der Waals surface area (Å²) in [6, 6.07) is 1.92. The van der Waals surface area contributed by atoms with Crippen LogP contribution in [0.4, 0.5) is 0 Å². The summed E-state index contributed by atoms with van der Waals surface area (Å²) >= 11 is 3.82. The van der Waals surface area contributed by atoms with Gasteiger partial charge < -0.3 is 9.64 Å². The molecule has 0 spiro atoms. The van der Waals surface area contributed by atoms with Gasteiger partial charge in [0.1, 0.15) is 0 Å². The van der Waals surface area contributed by atoms with Crippen LogP contribution in [0.25, 0.3) is 0 Å². The van der Waals surface area contributed by atoms with Crippen molar-refractivity contribution in [2.24, 2.45) is 0 Å². The molecule has 1 aliphatic rings. The van der Waals surface area contributed by atoms with Gasteiger partial charge in [-0.2, -0.15) is 0 Å². The van der Waals surface area contributed by atoms with E-state index in [0.717, 1.165) is 21.5 Å². The Hall–Kier alpha value is -0.140. The lowest BCUT2D eigenvalue weighted by Gasteiger charge is -2.37. The van der Waals surface area contributed by atoms with Crippen molar-refractivity contribution in [1.29, 1.82) is 0 Å². The molecule has 3 nitrogen and oxygen atoms in total. The van der Waals surface area contributed by atoms with Crippen LogP contribution in [0.3, 0.4) is 0 Å². The molecule has 1 saturated heterocycles. The Bertz CT molecular complexity index is 346. The van der Waals surface area contributed by atoms with E-state index in [1.54, 1.807) is 18.4 Å². The number of carbonyl (C=O) groups excluding carboxylic acids is 1. The second-order valence-electron chi connectivity index (χ2n) is 3.21. The first-order valence-corrected chi connectivity index (χ1v) is 6.22. The lowest BCUT2D eigenvalue weighted by atomic mass is 10.1. The van der Waals surface area contributed by atoms with Gasteiger partial charge in [-0.3, -0.25) is 4.79 Å². The molecule has 1 aromatic rings. The van der Waals surface area contributed by atoms with Crippen LogP contribution < -0.4 is 0 Å². The molecular weight excluding hydrogens is 313 g/mol. The van der Waals surface area contributed by atoms with Gasteiger partial charge in [0, 0.05) is 25.6 Å². The van der Waals surface area contributed by atoms with E-state index in [0.29, 0.717) is 0 Å². The Morgan fingerprint density at radius 2 is 2.43 bits per heavy atom. The molecule has 1 aliphatic heterocycles. The number of ether oxygens (including phenoxy) is 1. The largest absolute Gasteiger partial charge is 0.378 e. The third-order valence-corrected chi connectivity index (χ3v) is 4.07. The summed E-state index contributed by atoms with van der Waals surface area (Å²) in [5, 5.41) is 1.91. The molecule has 0 radical (unpaired) electrons. The smallest absolute Gasteiger partial charge is 0.254 e. The molecule has 0 saturated carbocycles. The summed E-state index contributed by atoms with van der Waals surface area (Å²) in [7, 11) is 1.68. The van der Waals surface area contributed by atoms with Crippen molar-refractivity contribution in [3.05, 3.63) is 19.9 Å². The number of thiophene rings is 1. The van der Waals surface area contributed by atoms with Gasteiger partial charge in [0.2, 0.25) is 0 Å². The Morgan fingerprint density at radius 3 is 2.93 bits per heavy atom. The number of halogens is 1. The quantitative estimate of drug-likeness (QED) is 0.777. The number of hydrogen-bond acceptors (Lipinski definition) is 3. The van der Waals surface area contributed by atoms with Crippen molar-refractivity contribution in [2.45, 2.75) is 6.10 Å². The van der Waals surface area contributed by atoms with Gasteiger partial charge in [-0.25, -0.2) is 0 Å². The maximum absolute atomic E-state index is 11.8. The third-order valence-electron chi connectivity index (χ3n) is 2.28. The minimum atomic E-state index is 0.123. The van der Waals surface area contributed by atoms with E-state index in [-0.39, 0.29) is 12.0 Å². The molecule has 2 heterocycles. The standard InChI is InChI=1S/C9H10INO2S/c1-13-7-3-11(4-7)9(12)6-2-8(10)14-5-6/h2,5,7H,3-4H2,1H3. The summed E-state index contributed by atoms with van der Waals surface area (Å²) in [4.78, 5) is 13.6. The summed E-state index contributed by atoms with van der Waals surface area (Å²) in [6.45, 7) is 1.45. The zero-order chi connectivity index (χ0) is 10.1. The lowest BCUT2D eigenvalue weighted by Crippen LogP contribution is -2.54. The summed E-state index contributed by atoms with van der Waals surface area (Å²) in [5.74, 6) is 0.123. The molecule has 14 heavy (non-hydrogen) atoms. The van der Waals surface area contributed by atoms with E-state index in [2.05, 4.69) is 22.6 Å². The van der Waals surface area contributed by atoms with E-state index in [9.17, 15) is 4.79 Å². The van der Waals surface area contributed by atoms with Crippen LogP contribution in [0.2, 0.25) is 0 Å². The highest BCUT2D eigenvalue weighted by molar-refractivity contribution is 14.1. The minimum Gasteiger partial charge on any atom is -0.378 e. The SMILES string of the molecule is COC1CN(C(=O)c2csc(I)c2)C1. The number of hydrogen-bond donors (Lipinski definition) is 0. The van der Waals surface area contributed by atoms with E-state index in [1.807, 2.05) is 16.3 Å². The Morgan fingerprint density at radius 1 is 1.71 bits per heavy atom. The van der Waals surface area contributed by atoms with Crippen LogP contribution in [0.15, 0.2) is 11.4 Å². The van der Waals surface area contributed by atoms with Crippen molar-refractivity contribution < 1.29 is 9.53 Å². The number of likely N-dealkylation sites (tertiary alicyclic amines) is 1. The second kappa shape index (κ2) is 4.16. The van der Waals surface area contributed by atoms with Crippen molar-refractivity contribution in [3.63, 3.8) is 0 Å². The minimum absolute atomic E-state index is 0.123. The maximum Gasteiger partial charge on any atom is 0.254 e. The topological polar surface area (TPSA) is 29.5 Å². The predicted octanol–water partition coefficient (Wildman–Crippen LogP) is 1.82. The number of carbonyl (C=O) groups is 1. The van der Waals surface area contributed by atoms with Gasteiger partial charge in [0.25, 0.3) is 5.91 Å². The highest BCUT2D eigenvalue weighted by atomic mass is 127. The van der Waals surface area contributed by atoms with E-state index < -0.39 is 0 Å². The van der Waals surface area contributed by atoms with Crippen LogP contribution in [0.5, 0.6) is 0 Å². The number of amides is 1. The maximum atomic E-state index is 11.8. The molecule has 0 bridgehead atoms. The van der Waals surface area contributed by atoms with Gasteiger partial charge in [0.05, 0.1) is 14.6 Å². The molecule has 5 heteroatoms. The highest BCUT2D eigenvalue weighted by Gasteiger charge is 2.31. The molecule has 0 aromatic carbocycles. The first-order valence-electron chi connectivity index (χ1n) is 4.27. The van der Waals surface area contributed by atoms with Crippen molar-refractivity contribution >= 4 is 39.8 Å². The number of rotatable bonds is 2. The van der Waals surface area contributed by atoms with Crippen molar-refractivity contribution in [3.8, 4) is 0 Å². The number of nitrogens with zero attached hydrogens (tertiary/aromatic N) is 1. The molecule has 76 valence electrons. The molecule has 1 aromatic heterocycles. The highest BCUT2D eigenvalue weighted by Crippen LogP contribution is 2.21. The lowest BCUT2D eigenvalue weighted by molar-refractivity contribution is -0.0191. The Balaban J connectivity index is 1.97. The molecule has 0 unspecified atom stereocenters. The van der Waals surface area contributed by atoms with E-state index in [1.165, 1.54) is 0 Å². The first kappa shape index (κ1) is 10.4. The average molecular weight is 323 g/mol. The van der Waals surface area contributed by atoms with Gasteiger partial charge >= 0.3 is 0 Å². The van der Waals surface area contributed by atoms with Gasteiger partial charge in [-0.1, -0.05) is 0 Å². The molecule has 0 N–H and O–H groups in total. The van der Waals surface area contributed by atoms with Gasteiger partial charge in [0.15, 0.2) is 0 Å². The van der Waals surface area contributed by atoms with Crippen LogP contribution >= 0.6 is 33.9 Å². The van der Waals surface area contributed by atoms with Crippen molar-refractivity contribution in [1.82, 2.24) is 4.90 Å². The van der Waals surface area contributed by atoms with Crippen molar-refractivity contribution in [2.75, 3.05) is 20.2 Å². The molecule has 0 aliphatic carbocycles. The Labute approximate surface area is 100 Å². The van der Waals surface area contributed by atoms with Crippen LogP contribution in [0.1, 0.15) is 10.4 Å². The van der Waals surface area contributed by atoms with E-state index in [4.69, 9.17) is 4.74 Å². The predicted molar refractivity (Wildman–Crippen MR) is 63.7 cm³/mol. The summed E-state index contributed by atoms with van der Waals surface area (Å²) in [6.07, 6.45) is 0.233. The third kappa shape index (κ3) is 1.94.